The quantitative estimate of drug-likeness (QED) is 0.681. The highest BCUT2D eigenvalue weighted by atomic mass is 32.2. The van der Waals surface area contributed by atoms with E-state index in [9.17, 15) is 5.11 Å². The minimum absolute atomic E-state index is 0.229. The topological polar surface area (TPSA) is 91.3 Å². The van der Waals surface area contributed by atoms with Crippen molar-refractivity contribution in [2.24, 2.45) is 0 Å². The number of nitrogens with one attached hydrogen (secondary N) is 1. The van der Waals surface area contributed by atoms with Gasteiger partial charge in [-0.05, 0) is 18.2 Å². The molecule has 8 nitrogen and oxygen atoms in total. The molecule has 2 aromatic rings. The van der Waals surface area contributed by atoms with Crippen LogP contribution in [-0.2, 0) is 4.74 Å². The number of aliphatic hydroxyl groups excluding tert-OH is 1. The first-order valence-electron chi connectivity index (χ1n) is 8.23. The minimum atomic E-state index is -0.418. The van der Waals surface area contributed by atoms with Crippen molar-refractivity contribution in [3.63, 3.8) is 0 Å². The van der Waals surface area contributed by atoms with E-state index in [1.165, 1.54) is 16.7 Å². The first-order valence-corrected chi connectivity index (χ1v) is 9.22. The van der Waals surface area contributed by atoms with E-state index >= 15 is 0 Å². The molecule has 134 valence electrons. The Labute approximate surface area is 149 Å². The number of hydrogen-bond acceptors (Lipinski definition) is 8. The SMILES string of the molecule is O[C@@H](CSc1nnc(-c2ccc3c(c2)OCO3)o1)C[NH+]1CCOCC1. The Kier molecular flexibility index (Phi) is 5.07. The molecule has 1 aromatic heterocycles. The lowest BCUT2D eigenvalue weighted by molar-refractivity contribution is -0.910. The monoisotopic (exact) mass is 366 g/mol. The number of nitrogens with zero attached hydrogens (tertiary/aromatic N) is 2. The second-order valence-corrected chi connectivity index (χ2v) is 6.94. The van der Waals surface area contributed by atoms with Crippen molar-refractivity contribution in [1.82, 2.24) is 10.2 Å². The van der Waals surface area contributed by atoms with Gasteiger partial charge in [0.25, 0.3) is 5.22 Å². The molecule has 2 aliphatic rings. The number of ether oxygens (including phenoxy) is 3. The summed E-state index contributed by atoms with van der Waals surface area (Å²) in [4.78, 5) is 1.37. The number of morpholine rings is 1. The highest BCUT2D eigenvalue weighted by molar-refractivity contribution is 7.99. The maximum atomic E-state index is 10.2. The van der Waals surface area contributed by atoms with Gasteiger partial charge in [0, 0.05) is 11.3 Å². The zero-order valence-electron chi connectivity index (χ0n) is 13.6. The fraction of sp³-hybridized carbons (Fsp3) is 0.500. The molecule has 0 aliphatic carbocycles. The summed E-state index contributed by atoms with van der Waals surface area (Å²) in [6.45, 7) is 4.34. The largest absolute Gasteiger partial charge is 0.454 e. The van der Waals surface area contributed by atoms with E-state index in [1.54, 1.807) is 0 Å². The number of fused-ring (bicyclic) bond motifs is 1. The Hall–Kier alpha value is -1.81. The van der Waals surface area contributed by atoms with Gasteiger partial charge in [-0.3, -0.25) is 0 Å². The molecular formula is C16H20N3O5S+. The normalized spacial score (nSPS) is 18.4. The van der Waals surface area contributed by atoms with Crippen molar-refractivity contribution in [1.29, 1.82) is 0 Å². The Morgan fingerprint density at radius 2 is 2.00 bits per heavy atom. The van der Waals surface area contributed by atoms with Gasteiger partial charge in [0.1, 0.15) is 25.7 Å². The zero-order valence-corrected chi connectivity index (χ0v) is 14.5. The van der Waals surface area contributed by atoms with Gasteiger partial charge in [-0.25, -0.2) is 0 Å². The van der Waals surface area contributed by atoms with Gasteiger partial charge in [0.05, 0.1) is 13.2 Å². The molecule has 3 heterocycles. The number of thioether (sulfide) groups is 1. The molecule has 2 aliphatic heterocycles. The van der Waals surface area contributed by atoms with Crippen molar-refractivity contribution >= 4 is 11.8 Å². The van der Waals surface area contributed by atoms with Crippen molar-refractivity contribution in [3.8, 4) is 23.0 Å². The number of aromatic nitrogens is 2. The molecule has 1 atom stereocenters. The van der Waals surface area contributed by atoms with Crippen LogP contribution < -0.4 is 14.4 Å². The fourth-order valence-corrected chi connectivity index (χ4v) is 3.53. The number of rotatable bonds is 6. The molecule has 0 bridgehead atoms. The summed E-state index contributed by atoms with van der Waals surface area (Å²) in [6, 6.07) is 5.50. The van der Waals surface area contributed by atoms with E-state index in [0.717, 1.165) is 31.9 Å². The van der Waals surface area contributed by atoms with E-state index in [2.05, 4.69) is 10.2 Å². The summed E-state index contributed by atoms with van der Waals surface area (Å²) in [5.74, 6) is 2.34. The van der Waals surface area contributed by atoms with Crippen molar-refractivity contribution in [2.45, 2.75) is 11.3 Å². The maximum absolute atomic E-state index is 10.2. The molecule has 0 radical (unpaired) electrons. The van der Waals surface area contributed by atoms with E-state index in [0.29, 0.717) is 34.9 Å². The molecule has 0 unspecified atom stereocenters. The van der Waals surface area contributed by atoms with Gasteiger partial charge in [-0.2, -0.15) is 0 Å². The Balaban J connectivity index is 1.32. The third-order valence-corrected chi connectivity index (χ3v) is 5.11. The molecule has 0 spiro atoms. The van der Waals surface area contributed by atoms with Crippen LogP contribution >= 0.6 is 11.8 Å². The van der Waals surface area contributed by atoms with Crippen LogP contribution in [0.25, 0.3) is 11.5 Å². The van der Waals surface area contributed by atoms with E-state index in [1.807, 2.05) is 18.2 Å². The molecule has 1 aromatic carbocycles. The van der Waals surface area contributed by atoms with Crippen LogP contribution in [0.2, 0.25) is 0 Å². The summed E-state index contributed by atoms with van der Waals surface area (Å²) in [7, 11) is 0. The van der Waals surface area contributed by atoms with Crippen LogP contribution in [0.3, 0.4) is 0 Å². The number of hydrogen-bond donors (Lipinski definition) is 2. The second-order valence-electron chi connectivity index (χ2n) is 5.97. The molecule has 2 N–H and O–H groups in total. The van der Waals surface area contributed by atoms with E-state index < -0.39 is 6.10 Å². The van der Waals surface area contributed by atoms with Gasteiger partial charge in [-0.15, -0.1) is 10.2 Å². The van der Waals surface area contributed by atoms with Gasteiger partial charge in [0.2, 0.25) is 12.7 Å². The van der Waals surface area contributed by atoms with Gasteiger partial charge >= 0.3 is 0 Å². The smallest absolute Gasteiger partial charge is 0.276 e. The third-order valence-electron chi connectivity index (χ3n) is 4.15. The lowest BCUT2D eigenvalue weighted by Gasteiger charge is -2.25. The highest BCUT2D eigenvalue weighted by Crippen LogP contribution is 2.35. The molecule has 0 saturated carbocycles. The van der Waals surface area contributed by atoms with E-state index in [-0.39, 0.29) is 6.79 Å². The van der Waals surface area contributed by atoms with Crippen LogP contribution in [0, 0.1) is 0 Å². The summed E-state index contributed by atoms with van der Waals surface area (Å²) in [6.07, 6.45) is -0.418. The highest BCUT2D eigenvalue weighted by Gasteiger charge is 2.20. The summed E-state index contributed by atoms with van der Waals surface area (Å²) < 4.78 is 21.6. The second kappa shape index (κ2) is 7.61. The van der Waals surface area contributed by atoms with Crippen LogP contribution in [0.15, 0.2) is 27.8 Å². The number of quaternary nitrogens is 1. The molecule has 0 amide bonds. The lowest BCUT2D eigenvalue weighted by Crippen LogP contribution is -3.15. The molecule has 1 fully saturated rings. The standard InChI is InChI=1S/C16H19N3O5S/c20-12(8-19-3-5-21-6-4-19)9-25-16-18-17-15(24-16)11-1-2-13-14(7-11)23-10-22-13/h1-2,7,12,20H,3-6,8-10H2/p+1/t12-/m1/s1. The maximum Gasteiger partial charge on any atom is 0.276 e. The summed E-state index contributed by atoms with van der Waals surface area (Å²) >= 11 is 1.37. The molecular weight excluding hydrogens is 346 g/mol. The Morgan fingerprint density at radius 3 is 2.88 bits per heavy atom. The predicted molar refractivity (Wildman–Crippen MR) is 89.0 cm³/mol. The van der Waals surface area contributed by atoms with Crippen LogP contribution in [-0.4, -0.2) is 66.8 Å². The molecule has 25 heavy (non-hydrogen) atoms. The van der Waals surface area contributed by atoms with Crippen LogP contribution in [0.4, 0.5) is 0 Å². The number of benzene rings is 1. The van der Waals surface area contributed by atoms with Crippen LogP contribution in [0.5, 0.6) is 11.5 Å². The van der Waals surface area contributed by atoms with Crippen molar-refractivity contribution < 1.29 is 28.6 Å². The lowest BCUT2D eigenvalue weighted by atomic mass is 10.2. The zero-order chi connectivity index (χ0) is 17.1. The average molecular weight is 366 g/mol. The summed E-state index contributed by atoms with van der Waals surface area (Å²) in [5.41, 5.74) is 0.780. The predicted octanol–water partition coefficient (Wildman–Crippen LogP) is -0.167. The average Bonchev–Trinajstić information content (AvgIpc) is 3.29. The Morgan fingerprint density at radius 1 is 1.16 bits per heavy atom. The minimum Gasteiger partial charge on any atom is -0.454 e. The molecule has 1 saturated heterocycles. The van der Waals surface area contributed by atoms with Gasteiger partial charge in [0.15, 0.2) is 11.5 Å². The Bertz CT molecular complexity index is 720. The first kappa shape index (κ1) is 16.6. The van der Waals surface area contributed by atoms with Crippen molar-refractivity contribution in [3.05, 3.63) is 18.2 Å². The fourth-order valence-electron chi connectivity index (χ4n) is 2.84. The summed E-state index contributed by atoms with van der Waals surface area (Å²) in [5, 5.41) is 18.7. The van der Waals surface area contributed by atoms with Gasteiger partial charge in [-0.1, -0.05) is 11.8 Å². The first-order chi connectivity index (χ1) is 12.3. The van der Waals surface area contributed by atoms with Crippen LogP contribution in [0.1, 0.15) is 0 Å². The van der Waals surface area contributed by atoms with Gasteiger partial charge < -0.3 is 28.6 Å². The third kappa shape index (κ3) is 4.06. The van der Waals surface area contributed by atoms with E-state index in [4.69, 9.17) is 18.6 Å². The number of aliphatic hydroxyl groups is 1. The molecule has 9 heteroatoms. The molecule has 4 rings (SSSR count). The van der Waals surface area contributed by atoms with Crippen molar-refractivity contribution in [2.75, 3.05) is 45.4 Å².